The monoisotopic (exact) mass is 666 g/mol. The number of rotatable bonds is 7. The molecule has 0 atom stereocenters. The van der Waals surface area contributed by atoms with E-state index in [2.05, 4.69) is 217 Å². The third-order valence-corrected chi connectivity index (χ3v) is 10.2. The van der Waals surface area contributed by atoms with Crippen molar-refractivity contribution in [1.29, 1.82) is 0 Å². The van der Waals surface area contributed by atoms with Crippen molar-refractivity contribution in [2.24, 2.45) is 0 Å². The predicted octanol–water partition coefficient (Wildman–Crippen LogP) is 13.9. The molecule has 0 amide bonds. The molecule has 0 unspecified atom stereocenters. The molecule has 0 spiro atoms. The molecule has 1 aromatic heterocycles. The lowest BCUT2D eigenvalue weighted by Gasteiger charge is -2.26. The summed E-state index contributed by atoms with van der Waals surface area (Å²) in [5.74, 6) is 0. The summed E-state index contributed by atoms with van der Waals surface area (Å²) in [5, 5.41) is 2.57. The highest BCUT2D eigenvalue weighted by Crippen LogP contribution is 2.38. The molecular formula is C50H38N2. The van der Waals surface area contributed by atoms with E-state index in [4.69, 9.17) is 0 Å². The van der Waals surface area contributed by atoms with Gasteiger partial charge in [-0.05, 0) is 119 Å². The Kier molecular flexibility index (Phi) is 7.98. The van der Waals surface area contributed by atoms with Crippen molar-refractivity contribution in [1.82, 2.24) is 4.57 Å². The first-order valence-corrected chi connectivity index (χ1v) is 17.9. The summed E-state index contributed by atoms with van der Waals surface area (Å²) < 4.78 is 2.40. The number of nitrogens with zero attached hydrogens (tertiary/aromatic N) is 2. The van der Waals surface area contributed by atoms with Crippen LogP contribution < -0.4 is 4.90 Å². The molecule has 0 aliphatic heterocycles. The normalized spacial score (nSPS) is 11.3. The van der Waals surface area contributed by atoms with Crippen molar-refractivity contribution >= 4 is 38.9 Å². The van der Waals surface area contributed by atoms with E-state index < -0.39 is 0 Å². The molecule has 0 N–H and O–H groups in total. The van der Waals surface area contributed by atoms with Gasteiger partial charge in [0.2, 0.25) is 0 Å². The molecular weight excluding hydrogens is 629 g/mol. The van der Waals surface area contributed by atoms with E-state index >= 15 is 0 Å². The predicted molar refractivity (Wildman–Crippen MR) is 221 cm³/mol. The van der Waals surface area contributed by atoms with Crippen molar-refractivity contribution in [3.05, 3.63) is 205 Å². The van der Waals surface area contributed by atoms with Gasteiger partial charge in [0.25, 0.3) is 0 Å². The number of para-hydroxylation sites is 3. The zero-order chi connectivity index (χ0) is 35.0. The smallest absolute Gasteiger partial charge is 0.0541 e. The average molecular weight is 667 g/mol. The largest absolute Gasteiger partial charge is 0.311 e. The zero-order valence-electron chi connectivity index (χ0n) is 29.4. The maximum absolute atomic E-state index is 2.40. The number of fused-ring (bicyclic) bond motifs is 3. The maximum Gasteiger partial charge on any atom is 0.0541 e. The molecule has 0 radical (unpaired) electrons. The molecule has 0 saturated carbocycles. The average Bonchev–Trinajstić information content (AvgIpc) is 3.54. The molecule has 0 saturated heterocycles. The van der Waals surface area contributed by atoms with Crippen molar-refractivity contribution < 1.29 is 0 Å². The number of aryl methyl sites for hydroxylation is 2. The summed E-state index contributed by atoms with van der Waals surface area (Å²) in [6, 6.07) is 70.0. The number of aromatic nitrogens is 1. The topological polar surface area (TPSA) is 8.17 Å². The molecule has 2 heteroatoms. The first kappa shape index (κ1) is 31.3. The van der Waals surface area contributed by atoms with Gasteiger partial charge in [0.1, 0.15) is 0 Å². The Morgan fingerprint density at radius 3 is 1.21 bits per heavy atom. The number of anilines is 3. The summed E-state index contributed by atoms with van der Waals surface area (Å²) in [4.78, 5) is 2.32. The van der Waals surface area contributed by atoms with E-state index in [1.165, 1.54) is 72.0 Å². The minimum absolute atomic E-state index is 1.12. The first-order chi connectivity index (χ1) is 25.6. The second-order valence-corrected chi connectivity index (χ2v) is 13.5. The molecule has 2 nitrogen and oxygen atoms in total. The molecule has 1 heterocycles. The van der Waals surface area contributed by atoms with Crippen LogP contribution >= 0.6 is 0 Å². The second-order valence-electron chi connectivity index (χ2n) is 13.5. The van der Waals surface area contributed by atoms with Gasteiger partial charge in [-0.15, -0.1) is 0 Å². The van der Waals surface area contributed by atoms with Gasteiger partial charge >= 0.3 is 0 Å². The lowest BCUT2D eigenvalue weighted by atomic mass is 9.93. The standard InChI is InChI=1S/C50H38N2/c1-35-33-45(52-48-19-11-9-17-46(48)47-18-10-12-20-49(47)52)34-36(2)50(35)41-23-21-38(22-24-41)40-27-31-44(32-28-40)51(42-15-7-4-8-16-42)43-29-25-39(26-30-43)37-13-5-3-6-14-37/h3-34H,1-2H3. The number of benzene rings is 8. The van der Waals surface area contributed by atoms with Crippen LogP contribution in [-0.2, 0) is 0 Å². The highest BCUT2D eigenvalue weighted by atomic mass is 15.1. The summed E-state index contributed by atoms with van der Waals surface area (Å²) in [6.45, 7) is 4.47. The Bertz CT molecular complexity index is 2570. The third-order valence-electron chi connectivity index (χ3n) is 10.2. The van der Waals surface area contributed by atoms with Crippen LogP contribution in [-0.4, -0.2) is 4.57 Å². The van der Waals surface area contributed by atoms with Gasteiger partial charge in [-0.2, -0.15) is 0 Å². The van der Waals surface area contributed by atoms with Crippen LogP contribution in [0.5, 0.6) is 0 Å². The zero-order valence-corrected chi connectivity index (χ0v) is 29.4. The van der Waals surface area contributed by atoms with Crippen LogP contribution in [0.2, 0.25) is 0 Å². The number of hydrogen-bond acceptors (Lipinski definition) is 1. The van der Waals surface area contributed by atoms with E-state index in [1.807, 2.05) is 0 Å². The highest BCUT2D eigenvalue weighted by molar-refractivity contribution is 6.09. The molecule has 0 aliphatic rings. The van der Waals surface area contributed by atoms with Crippen LogP contribution in [0.1, 0.15) is 11.1 Å². The fraction of sp³-hybridized carbons (Fsp3) is 0.0400. The van der Waals surface area contributed by atoms with Crippen LogP contribution in [0.3, 0.4) is 0 Å². The lowest BCUT2D eigenvalue weighted by Crippen LogP contribution is -2.09. The van der Waals surface area contributed by atoms with Gasteiger partial charge in [-0.25, -0.2) is 0 Å². The molecule has 8 aromatic carbocycles. The lowest BCUT2D eigenvalue weighted by molar-refractivity contribution is 1.16. The Labute approximate surface area is 305 Å². The van der Waals surface area contributed by atoms with Gasteiger partial charge in [-0.3, -0.25) is 0 Å². The molecule has 0 aliphatic carbocycles. The maximum atomic E-state index is 2.40. The van der Waals surface area contributed by atoms with Crippen LogP contribution in [0.4, 0.5) is 17.1 Å². The minimum atomic E-state index is 1.12. The fourth-order valence-corrected chi connectivity index (χ4v) is 7.82. The van der Waals surface area contributed by atoms with E-state index in [1.54, 1.807) is 0 Å². The Hall–Kier alpha value is -6.64. The van der Waals surface area contributed by atoms with Gasteiger partial charge in [0.05, 0.1) is 11.0 Å². The minimum Gasteiger partial charge on any atom is -0.311 e. The molecule has 9 rings (SSSR count). The van der Waals surface area contributed by atoms with E-state index in [-0.39, 0.29) is 0 Å². The van der Waals surface area contributed by atoms with Gasteiger partial charge in [-0.1, -0.05) is 133 Å². The van der Waals surface area contributed by atoms with Crippen LogP contribution in [0, 0.1) is 13.8 Å². The molecule has 52 heavy (non-hydrogen) atoms. The number of hydrogen-bond donors (Lipinski definition) is 0. The third kappa shape index (κ3) is 5.65. The Balaban J connectivity index is 1.01. The highest BCUT2D eigenvalue weighted by Gasteiger charge is 2.16. The van der Waals surface area contributed by atoms with Crippen molar-refractivity contribution in [2.45, 2.75) is 13.8 Å². The molecule has 248 valence electrons. The first-order valence-electron chi connectivity index (χ1n) is 17.9. The van der Waals surface area contributed by atoms with Gasteiger partial charge in [0, 0.05) is 33.5 Å². The quantitative estimate of drug-likeness (QED) is 0.164. The molecule has 0 fully saturated rings. The van der Waals surface area contributed by atoms with Gasteiger partial charge in [0.15, 0.2) is 0 Å². The van der Waals surface area contributed by atoms with Crippen LogP contribution in [0.25, 0.3) is 60.9 Å². The SMILES string of the molecule is Cc1cc(-n2c3ccccc3c3ccccc32)cc(C)c1-c1ccc(-c2ccc(N(c3ccccc3)c3ccc(-c4ccccc4)cc3)cc2)cc1. The van der Waals surface area contributed by atoms with E-state index in [9.17, 15) is 0 Å². The molecule has 9 aromatic rings. The summed E-state index contributed by atoms with van der Waals surface area (Å²) >= 11 is 0. The Morgan fingerprint density at radius 2 is 0.712 bits per heavy atom. The second kappa shape index (κ2) is 13.2. The Morgan fingerprint density at radius 1 is 0.346 bits per heavy atom. The summed E-state index contributed by atoms with van der Waals surface area (Å²) in [7, 11) is 0. The van der Waals surface area contributed by atoms with E-state index in [0.29, 0.717) is 0 Å². The summed E-state index contributed by atoms with van der Waals surface area (Å²) in [6.07, 6.45) is 0. The van der Waals surface area contributed by atoms with E-state index in [0.717, 1.165) is 17.1 Å². The van der Waals surface area contributed by atoms with Crippen molar-refractivity contribution in [2.75, 3.05) is 4.90 Å². The van der Waals surface area contributed by atoms with Gasteiger partial charge < -0.3 is 9.47 Å². The van der Waals surface area contributed by atoms with Crippen LogP contribution in [0.15, 0.2) is 194 Å². The summed E-state index contributed by atoms with van der Waals surface area (Å²) in [5.41, 5.74) is 16.9. The van der Waals surface area contributed by atoms with Crippen molar-refractivity contribution in [3.8, 4) is 39.1 Å². The fourth-order valence-electron chi connectivity index (χ4n) is 7.82. The molecule has 0 bridgehead atoms. The van der Waals surface area contributed by atoms with Crippen molar-refractivity contribution in [3.63, 3.8) is 0 Å².